The van der Waals surface area contributed by atoms with Gasteiger partial charge in [0.15, 0.2) is 12.1 Å². The van der Waals surface area contributed by atoms with Crippen molar-refractivity contribution in [1.29, 1.82) is 0 Å². The van der Waals surface area contributed by atoms with E-state index in [0.717, 1.165) is 0 Å². The van der Waals surface area contributed by atoms with Gasteiger partial charge in [-0.15, -0.1) is 0 Å². The van der Waals surface area contributed by atoms with Gasteiger partial charge in [0.2, 0.25) is 0 Å². The maximum absolute atomic E-state index is 11.7. The number of ether oxygens (including phenoxy) is 2. The Balaban J connectivity index is 2.54. The lowest BCUT2D eigenvalue weighted by molar-refractivity contribution is -0.0974. The van der Waals surface area contributed by atoms with Crippen LogP contribution in [0, 0.1) is 0 Å². The largest absolute Gasteiger partial charge is 0.354 e. The molecule has 6 heteroatoms. The van der Waals surface area contributed by atoms with E-state index in [1.165, 1.54) is 21.1 Å². The molecule has 0 unspecified atom stereocenters. The number of amides is 1. The van der Waals surface area contributed by atoms with E-state index in [2.05, 4.69) is 10.3 Å². The Morgan fingerprint density at radius 3 is 2.35 bits per heavy atom. The highest BCUT2D eigenvalue weighted by Gasteiger charge is 2.12. The van der Waals surface area contributed by atoms with Crippen LogP contribution in [-0.4, -0.2) is 43.7 Å². The van der Waals surface area contributed by atoms with Crippen LogP contribution in [0.2, 0.25) is 0 Å². The van der Waals surface area contributed by atoms with Crippen LogP contribution in [0.5, 0.6) is 0 Å². The number of hydrogen-bond acceptors (Lipinski definition) is 4. The number of hydrogen-bond donors (Lipinski definition) is 2. The topological polar surface area (TPSA) is 80.4 Å². The molecule has 1 heterocycles. The smallest absolute Gasteiger partial charge is 0.267 e. The first-order valence-corrected chi connectivity index (χ1v) is 5.12. The van der Waals surface area contributed by atoms with E-state index in [1.807, 2.05) is 0 Å². The van der Waals surface area contributed by atoms with Gasteiger partial charge < -0.3 is 19.8 Å². The number of Topliss-reactive ketones (excluding diaryl/α,β-unsaturated/α-hetero) is 1. The van der Waals surface area contributed by atoms with Crippen LogP contribution in [0.15, 0.2) is 12.1 Å². The summed E-state index contributed by atoms with van der Waals surface area (Å²) in [5.41, 5.74) is 0.742. The van der Waals surface area contributed by atoms with Crippen molar-refractivity contribution in [2.45, 2.75) is 13.2 Å². The van der Waals surface area contributed by atoms with E-state index in [0.29, 0.717) is 11.4 Å². The second-order valence-electron chi connectivity index (χ2n) is 3.45. The number of aromatic nitrogens is 1. The van der Waals surface area contributed by atoms with Crippen molar-refractivity contribution in [2.24, 2.45) is 0 Å². The summed E-state index contributed by atoms with van der Waals surface area (Å²) in [6.45, 7) is 1.67. The van der Waals surface area contributed by atoms with Gasteiger partial charge in [-0.25, -0.2) is 0 Å². The fourth-order valence-electron chi connectivity index (χ4n) is 1.27. The highest BCUT2D eigenvalue weighted by molar-refractivity contribution is 5.97. The summed E-state index contributed by atoms with van der Waals surface area (Å²) < 4.78 is 9.86. The molecule has 0 aliphatic heterocycles. The summed E-state index contributed by atoms with van der Waals surface area (Å²) in [4.78, 5) is 25.4. The zero-order valence-corrected chi connectivity index (χ0v) is 10.1. The first-order chi connectivity index (χ1) is 8.08. The molecule has 0 saturated heterocycles. The van der Waals surface area contributed by atoms with Crippen molar-refractivity contribution in [3.63, 3.8) is 0 Å². The molecule has 1 rings (SSSR count). The molecule has 94 valence electrons. The highest BCUT2D eigenvalue weighted by atomic mass is 16.7. The van der Waals surface area contributed by atoms with E-state index in [1.54, 1.807) is 12.1 Å². The summed E-state index contributed by atoms with van der Waals surface area (Å²) in [7, 11) is 2.98. The Kier molecular flexibility index (Phi) is 4.86. The zero-order chi connectivity index (χ0) is 12.8. The predicted octanol–water partition coefficient (Wildman–Crippen LogP) is 0.566. The predicted molar refractivity (Wildman–Crippen MR) is 60.9 cm³/mol. The molecule has 17 heavy (non-hydrogen) atoms. The third-order valence-corrected chi connectivity index (χ3v) is 2.26. The molecule has 0 radical (unpaired) electrons. The molecule has 6 nitrogen and oxygen atoms in total. The van der Waals surface area contributed by atoms with E-state index < -0.39 is 6.29 Å². The monoisotopic (exact) mass is 240 g/mol. The van der Waals surface area contributed by atoms with Gasteiger partial charge in [0.1, 0.15) is 5.69 Å². The number of nitrogens with one attached hydrogen (secondary N) is 2. The van der Waals surface area contributed by atoms with Crippen LogP contribution >= 0.6 is 0 Å². The average Bonchev–Trinajstić information content (AvgIpc) is 2.79. The number of methoxy groups -OCH3 is 2. The number of rotatable bonds is 6. The zero-order valence-electron chi connectivity index (χ0n) is 10.1. The number of aromatic amines is 1. The fraction of sp³-hybridized carbons (Fsp3) is 0.455. The Labute approximate surface area is 99.3 Å². The van der Waals surface area contributed by atoms with Gasteiger partial charge in [0.25, 0.3) is 5.91 Å². The van der Waals surface area contributed by atoms with Crippen LogP contribution in [0.1, 0.15) is 27.9 Å². The van der Waals surface area contributed by atoms with Crippen molar-refractivity contribution >= 4 is 11.7 Å². The Morgan fingerprint density at radius 1 is 1.29 bits per heavy atom. The van der Waals surface area contributed by atoms with Gasteiger partial charge in [-0.1, -0.05) is 0 Å². The first kappa shape index (κ1) is 13.4. The van der Waals surface area contributed by atoms with E-state index in [9.17, 15) is 9.59 Å². The molecule has 0 aromatic carbocycles. The molecule has 0 atom stereocenters. The minimum atomic E-state index is -0.485. The molecular weight excluding hydrogens is 224 g/mol. The molecule has 1 amide bonds. The number of H-pyrrole nitrogens is 1. The molecule has 0 aliphatic carbocycles. The van der Waals surface area contributed by atoms with E-state index >= 15 is 0 Å². The Morgan fingerprint density at radius 2 is 1.88 bits per heavy atom. The lowest BCUT2D eigenvalue weighted by Gasteiger charge is -2.13. The molecule has 0 fully saturated rings. The van der Waals surface area contributed by atoms with Gasteiger partial charge in [0.05, 0.1) is 12.2 Å². The van der Waals surface area contributed by atoms with Crippen molar-refractivity contribution < 1.29 is 19.1 Å². The molecule has 0 saturated carbocycles. The van der Waals surface area contributed by atoms with Crippen molar-refractivity contribution in [3.8, 4) is 0 Å². The second kappa shape index (κ2) is 6.17. The summed E-state index contributed by atoms with van der Waals surface area (Å²) in [5, 5.41) is 2.62. The van der Waals surface area contributed by atoms with Crippen molar-refractivity contribution in [2.75, 3.05) is 20.8 Å². The quantitative estimate of drug-likeness (QED) is 0.562. The van der Waals surface area contributed by atoms with Gasteiger partial charge >= 0.3 is 0 Å². The molecule has 0 bridgehead atoms. The molecule has 1 aromatic rings. The average molecular weight is 240 g/mol. The first-order valence-electron chi connectivity index (χ1n) is 5.12. The van der Waals surface area contributed by atoms with Gasteiger partial charge in [-0.3, -0.25) is 9.59 Å². The Bertz CT molecular complexity index is 396. The number of ketones is 1. The molecular formula is C11H16N2O4. The standard InChI is InChI=1S/C11H16N2O4/c1-7(14)8-4-5-9(13-8)11(15)12-6-10(16-2)17-3/h4-5,10,13H,6H2,1-3H3,(H,12,15). The van der Waals surface area contributed by atoms with E-state index in [-0.39, 0.29) is 18.2 Å². The van der Waals surface area contributed by atoms with Gasteiger partial charge in [0, 0.05) is 21.1 Å². The molecule has 1 aromatic heterocycles. The number of carbonyl (C=O) groups is 2. The summed E-state index contributed by atoms with van der Waals surface area (Å²) in [6.07, 6.45) is -0.485. The van der Waals surface area contributed by atoms with Crippen molar-refractivity contribution in [3.05, 3.63) is 23.5 Å². The second-order valence-corrected chi connectivity index (χ2v) is 3.45. The summed E-state index contributed by atoms with van der Waals surface area (Å²) in [6, 6.07) is 3.13. The van der Waals surface area contributed by atoms with Crippen LogP contribution in [0.25, 0.3) is 0 Å². The van der Waals surface area contributed by atoms with Gasteiger partial charge in [-0.05, 0) is 12.1 Å². The summed E-state index contributed by atoms with van der Waals surface area (Å²) in [5.74, 6) is -0.424. The maximum atomic E-state index is 11.7. The highest BCUT2D eigenvalue weighted by Crippen LogP contribution is 2.02. The van der Waals surface area contributed by atoms with Crippen LogP contribution in [0.4, 0.5) is 0 Å². The maximum Gasteiger partial charge on any atom is 0.267 e. The minimum Gasteiger partial charge on any atom is -0.354 e. The van der Waals surface area contributed by atoms with Crippen LogP contribution < -0.4 is 5.32 Å². The normalized spacial score (nSPS) is 10.6. The summed E-state index contributed by atoms with van der Waals surface area (Å²) >= 11 is 0. The molecule has 2 N–H and O–H groups in total. The minimum absolute atomic E-state index is 0.115. The van der Waals surface area contributed by atoms with Crippen LogP contribution in [-0.2, 0) is 9.47 Å². The van der Waals surface area contributed by atoms with E-state index in [4.69, 9.17) is 9.47 Å². The molecule has 0 spiro atoms. The lowest BCUT2D eigenvalue weighted by atomic mass is 10.3. The molecule has 0 aliphatic rings. The van der Waals surface area contributed by atoms with Gasteiger partial charge in [-0.2, -0.15) is 0 Å². The third kappa shape index (κ3) is 3.69. The number of carbonyl (C=O) groups excluding carboxylic acids is 2. The fourth-order valence-corrected chi connectivity index (χ4v) is 1.27. The SMILES string of the molecule is COC(CNC(=O)c1ccc(C(C)=O)[nH]1)OC. The van der Waals surface area contributed by atoms with Crippen molar-refractivity contribution in [1.82, 2.24) is 10.3 Å². The Hall–Kier alpha value is -1.66. The third-order valence-electron chi connectivity index (χ3n) is 2.26. The lowest BCUT2D eigenvalue weighted by Crippen LogP contribution is -2.34. The van der Waals surface area contributed by atoms with Crippen LogP contribution in [0.3, 0.4) is 0 Å².